The van der Waals surface area contributed by atoms with Crippen LogP contribution in [0.1, 0.15) is 19.8 Å². The molecule has 0 atom stereocenters. The van der Waals surface area contributed by atoms with Gasteiger partial charge in [0, 0.05) is 37.8 Å². The minimum Gasteiger partial charge on any atom is -0.379 e. The number of sulfonamides is 1. The van der Waals surface area contributed by atoms with E-state index in [1.165, 1.54) is 0 Å². The Bertz CT molecular complexity index is 613. The number of piperidine rings is 1. The lowest BCUT2D eigenvalue weighted by Gasteiger charge is -2.42. The molecule has 2 fully saturated rings. The van der Waals surface area contributed by atoms with Gasteiger partial charge in [-0.1, -0.05) is 0 Å². The van der Waals surface area contributed by atoms with Gasteiger partial charge < -0.3 is 9.64 Å². The molecule has 0 aliphatic carbocycles. The lowest BCUT2D eigenvalue weighted by atomic mass is 9.79. The number of pyridine rings is 1. The molecule has 128 valence electrons. The summed E-state index contributed by atoms with van der Waals surface area (Å²) in [7, 11) is -3.08. The summed E-state index contributed by atoms with van der Waals surface area (Å²) in [6, 6.07) is 4.02. The Morgan fingerprint density at radius 2 is 2.09 bits per heavy atom. The van der Waals surface area contributed by atoms with Gasteiger partial charge in [0.1, 0.15) is 0 Å². The fraction of sp³-hybridized carbons (Fsp3) is 0.688. The van der Waals surface area contributed by atoms with Gasteiger partial charge in [0.25, 0.3) is 0 Å². The zero-order chi connectivity index (χ0) is 16.3. The molecule has 1 spiro atoms. The Balaban J connectivity index is 1.72. The Labute approximate surface area is 138 Å². The minimum atomic E-state index is -3.08. The van der Waals surface area contributed by atoms with Crippen LogP contribution in [0.15, 0.2) is 24.5 Å². The summed E-state index contributed by atoms with van der Waals surface area (Å²) in [6.45, 7) is 6.07. The predicted molar refractivity (Wildman–Crippen MR) is 90.0 cm³/mol. The first-order chi connectivity index (χ1) is 11.0. The third-order valence-corrected chi connectivity index (χ3v) is 6.87. The number of ether oxygens (including phenoxy) is 1. The summed E-state index contributed by atoms with van der Waals surface area (Å²) in [5.74, 6) is 0.179. The van der Waals surface area contributed by atoms with Gasteiger partial charge in [0.15, 0.2) is 0 Å². The highest BCUT2D eigenvalue weighted by Gasteiger charge is 2.40. The van der Waals surface area contributed by atoms with Crippen LogP contribution >= 0.6 is 0 Å². The molecule has 6 nitrogen and oxygen atoms in total. The van der Waals surface area contributed by atoms with E-state index in [4.69, 9.17) is 4.74 Å². The van der Waals surface area contributed by atoms with Crippen molar-refractivity contribution in [2.75, 3.05) is 50.0 Å². The van der Waals surface area contributed by atoms with Crippen LogP contribution in [0.5, 0.6) is 0 Å². The smallest absolute Gasteiger partial charge is 0.213 e. The molecule has 0 unspecified atom stereocenters. The van der Waals surface area contributed by atoms with Crippen molar-refractivity contribution in [3.05, 3.63) is 24.5 Å². The number of aromatic nitrogens is 1. The van der Waals surface area contributed by atoms with Gasteiger partial charge in [-0.3, -0.25) is 4.98 Å². The summed E-state index contributed by atoms with van der Waals surface area (Å²) in [5.41, 5.74) is 1.15. The van der Waals surface area contributed by atoms with Crippen molar-refractivity contribution in [2.45, 2.75) is 19.8 Å². The number of rotatable bonds is 3. The first kappa shape index (κ1) is 16.7. The largest absolute Gasteiger partial charge is 0.379 e. The highest BCUT2D eigenvalue weighted by Crippen LogP contribution is 2.36. The maximum atomic E-state index is 12.1. The number of nitrogens with zero attached hydrogens (tertiary/aromatic N) is 3. The molecule has 0 saturated carbocycles. The highest BCUT2D eigenvalue weighted by molar-refractivity contribution is 7.89. The third kappa shape index (κ3) is 3.67. The van der Waals surface area contributed by atoms with Crippen molar-refractivity contribution in [1.29, 1.82) is 0 Å². The molecule has 2 aliphatic heterocycles. The monoisotopic (exact) mass is 339 g/mol. The van der Waals surface area contributed by atoms with Crippen LogP contribution in [0.25, 0.3) is 0 Å². The van der Waals surface area contributed by atoms with Crippen LogP contribution in [0.4, 0.5) is 5.69 Å². The molecule has 1 aromatic rings. The molecule has 0 amide bonds. The number of anilines is 1. The second kappa shape index (κ2) is 6.75. The van der Waals surface area contributed by atoms with E-state index >= 15 is 0 Å². The van der Waals surface area contributed by atoms with Gasteiger partial charge in [0.05, 0.1) is 30.9 Å². The molecular weight excluding hydrogens is 314 g/mol. The second-order valence-corrected chi connectivity index (χ2v) is 8.74. The van der Waals surface area contributed by atoms with Crippen LogP contribution in [0.3, 0.4) is 0 Å². The summed E-state index contributed by atoms with van der Waals surface area (Å²) in [6.07, 6.45) is 5.36. The third-order valence-electron chi connectivity index (χ3n) is 4.99. The Morgan fingerprint density at radius 3 is 2.74 bits per heavy atom. The van der Waals surface area contributed by atoms with Crippen molar-refractivity contribution < 1.29 is 13.2 Å². The molecule has 2 aliphatic rings. The topological polar surface area (TPSA) is 62.7 Å². The van der Waals surface area contributed by atoms with Gasteiger partial charge in [-0.15, -0.1) is 0 Å². The zero-order valence-corrected chi connectivity index (χ0v) is 14.5. The van der Waals surface area contributed by atoms with E-state index in [0.29, 0.717) is 26.3 Å². The first-order valence-electron chi connectivity index (χ1n) is 8.25. The molecule has 0 radical (unpaired) electrons. The lowest BCUT2D eigenvalue weighted by molar-refractivity contribution is 0.0374. The van der Waals surface area contributed by atoms with Crippen molar-refractivity contribution in [2.24, 2.45) is 5.41 Å². The summed E-state index contributed by atoms with van der Waals surface area (Å²) >= 11 is 0. The van der Waals surface area contributed by atoms with E-state index in [-0.39, 0.29) is 11.2 Å². The zero-order valence-electron chi connectivity index (χ0n) is 13.6. The van der Waals surface area contributed by atoms with E-state index in [1.54, 1.807) is 17.4 Å². The lowest BCUT2D eigenvalue weighted by Crippen LogP contribution is -2.49. The fourth-order valence-electron chi connectivity index (χ4n) is 3.48. The summed E-state index contributed by atoms with van der Waals surface area (Å²) in [4.78, 5) is 6.53. The second-order valence-electron chi connectivity index (χ2n) is 6.48. The van der Waals surface area contributed by atoms with Crippen LogP contribution < -0.4 is 4.90 Å². The molecule has 1 aromatic heterocycles. The Kier molecular flexibility index (Phi) is 4.89. The molecule has 0 aromatic carbocycles. The van der Waals surface area contributed by atoms with E-state index in [0.717, 1.165) is 31.6 Å². The van der Waals surface area contributed by atoms with Crippen molar-refractivity contribution in [1.82, 2.24) is 9.29 Å². The maximum absolute atomic E-state index is 12.1. The molecular formula is C16H25N3O3S. The molecule has 7 heteroatoms. The predicted octanol–water partition coefficient (Wildman–Crippen LogP) is 1.35. The maximum Gasteiger partial charge on any atom is 0.213 e. The Morgan fingerprint density at radius 1 is 1.30 bits per heavy atom. The van der Waals surface area contributed by atoms with Crippen LogP contribution in [0, 0.1) is 5.41 Å². The van der Waals surface area contributed by atoms with Gasteiger partial charge in [-0.05, 0) is 31.9 Å². The molecule has 0 bridgehead atoms. The van der Waals surface area contributed by atoms with E-state index < -0.39 is 10.0 Å². The standard InChI is InChI=1S/C16H25N3O3S/c1-2-23(20,21)19-8-5-16(6-9-19)13-18(10-11-22-14-16)15-4-3-7-17-12-15/h3-4,7,12H,2,5-6,8-11,13-14H2,1H3. The molecule has 2 saturated heterocycles. The average Bonchev–Trinajstić information content (AvgIpc) is 2.79. The molecule has 0 N–H and O–H groups in total. The quantitative estimate of drug-likeness (QED) is 0.832. The highest BCUT2D eigenvalue weighted by atomic mass is 32.2. The minimum absolute atomic E-state index is 0.0338. The van der Waals surface area contributed by atoms with Crippen LogP contribution in [-0.2, 0) is 14.8 Å². The number of hydrogen-bond donors (Lipinski definition) is 0. The molecule has 3 rings (SSSR count). The summed E-state index contributed by atoms with van der Waals surface area (Å²) in [5, 5.41) is 0. The SMILES string of the molecule is CCS(=O)(=O)N1CCC2(CC1)COCCN(c1cccnc1)C2. The fourth-order valence-corrected chi connectivity index (χ4v) is 4.58. The van der Waals surface area contributed by atoms with Crippen molar-refractivity contribution in [3.8, 4) is 0 Å². The first-order valence-corrected chi connectivity index (χ1v) is 9.86. The van der Waals surface area contributed by atoms with Crippen molar-refractivity contribution >= 4 is 15.7 Å². The average molecular weight is 339 g/mol. The molecule has 23 heavy (non-hydrogen) atoms. The molecule has 3 heterocycles. The van der Waals surface area contributed by atoms with Gasteiger partial charge in [-0.2, -0.15) is 0 Å². The normalized spacial score (nSPS) is 22.9. The van der Waals surface area contributed by atoms with E-state index in [2.05, 4.69) is 16.0 Å². The van der Waals surface area contributed by atoms with Crippen molar-refractivity contribution in [3.63, 3.8) is 0 Å². The number of hydrogen-bond acceptors (Lipinski definition) is 5. The van der Waals surface area contributed by atoms with E-state index in [1.807, 2.05) is 12.3 Å². The Hall–Kier alpha value is -1.18. The van der Waals surface area contributed by atoms with E-state index in [9.17, 15) is 8.42 Å². The van der Waals surface area contributed by atoms with Gasteiger partial charge in [-0.25, -0.2) is 12.7 Å². The van der Waals surface area contributed by atoms with Gasteiger partial charge in [0.2, 0.25) is 10.0 Å². The summed E-state index contributed by atoms with van der Waals surface area (Å²) < 4.78 is 31.6. The van der Waals surface area contributed by atoms with Crippen LogP contribution in [0.2, 0.25) is 0 Å². The van der Waals surface area contributed by atoms with Gasteiger partial charge >= 0.3 is 0 Å². The van der Waals surface area contributed by atoms with Crippen LogP contribution in [-0.4, -0.2) is 62.9 Å².